The van der Waals surface area contributed by atoms with E-state index in [2.05, 4.69) is 4.98 Å². The second-order valence-corrected chi connectivity index (χ2v) is 4.74. The zero-order valence-electron chi connectivity index (χ0n) is 9.04. The fraction of sp³-hybridized carbons (Fsp3) is 0.167. The van der Waals surface area contributed by atoms with Crippen molar-refractivity contribution in [3.8, 4) is 0 Å². The number of hydrogen-bond donors (Lipinski definition) is 0. The van der Waals surface area contributed by atoms with Crippen LogP contribution in [0.1, 0.15) is 27.2 Å². The van der Waals surface area contributed by atoms with E-state index in [0.29, 0.717) is 21.9 Å². The van der Waals surface area contributed by atoms with Crippen LogP contribution in [0.3, 0.4) is 0 Å². The van der Waals surface area contributed by atoms with E-state index >= 15 is 0 Å². The number of nitrogens with zero attached hydrogens (tertiary/aromatic N) is 1. The van der Waals surface area contributed by atoms with E-state index in [1.54, 1.807) is 0 Å². The number of rotatable bonds is 3. The lowest BCUT2D eigenvalue weighted by Gasteiger charge is -1.98. The molecule has 5 heteroatoms. The smallest absolute Gasteiger partial charge is 0.171 e. The summed E-state index contributed by atoms with van der Waals surface area (Å²) in [5, 5.41) is 0.667. The molecule has 0 aliphatic heterocycles. The minimum atomic E-state index is -0.608. The fourth-order valence-electron chi connectivity index (χ4n) is 1.44. The fourth-order valence-corrected chi connectivity index (χ4v) is 2.29. The average molecular weight is 253 g/mol. The van der Waals surface area contributed by atoms with Crippen molar-refractivity contribution in [1.29, 1.82) is 0 Å². The zero-order valence-corrected chi connectivity index (χ0v) is 9.85. The molecule has 2 aromatic rings. The third-order valence-electron chi connectivity index (χ3n) is 2.18. The van der Waals surface area contributed by atoms with Crippen LogP contribution in [0.25, 0.3) is 0 Å². The first kappa shape index (κ1) is 11.9. The molecule has 2 rings (SSSR count). The quantitative estimate of drug-likeness (QED) is 0.786. The molecule has 0 amide bonds. The molecular formula is C12H9F2NOS. The molecule has 88 valence electrons. The van der Waals surface area contributed by atoms with Gasteiger partial charge < -0.3 is 0 Å². The Balaban J connectivity index is 2.22. The Morgan fingerprint density at radius 3 is 2.47 bits per heavy atom. The number of Topliss-reactive ketones (excluding diaryl/α,β-unsaturated/α-hetero) is 1. The molecule has 1 heterocycles. The lowest BCUT2D eigenvalue weighted by molar-refractivity contribution is 0.102. The minimum Gasteiger partial charge on any atom is -0.294 e. The zero-order chi connectivity index (χ0) is 12.4. The highest BCUT2D eigenvalue weighted by Gasteiger charge is 2.08. The third-order valence-corrected chi connectivity index (χ3v) is 3.28. The average Bonchev–Trinajstić information content (AvgIpc) is 2.64. The number of ketones is 1. The molecule has 0 fully saturated rings. The SMILES string of the molecule is CC(=O)c1cnc(Cc2cc(F)cc(F)c2)s1. The molecule has 0 saturated carbocycles. The van der Waals surface area contributed by atoms with Gasteiger partial charge in [0.1, 0.15) is 11.6 Å². The summed E-state index contributed by atoms with van der Waals surface area (Å²) in [6, 6.07) is 3.35. The molecule has 0 aliphatic carbocycles. The number of thiazole rings is 1. The molecule has 17 heavy (non-hydrogen) atoms. The van der Waals surface area contributed by atoms with Gasteiger partial charge in [-0.3, -0.25) is 4.79 Å². The second-order valence-electron chi connectivity index (χ2n) is 3.63. The summed E-state index contributed by atoms with van der Waals surface area (Å²) in [7, 11) is 0. The summed E-state index contributed by atoms with van der Waals surface area (Å²) < 4.78 is 25.9. The van der Waals surface area contributed by atoms with Gasteiger partial charge >= 0.3 is 0 Å². The largest absolute Gasteiger partial charge is 0.294 e. The number of halogens is 2. The molecule has 1 aromatic carbocycles. The van der Waals surface area contributed by atoms with Gasteiger partial charge in [-0.15, -0.1) is 11.3 Å². The first-order valence-electron chi connectivity index (χ1n) is 4.95. The first-order valence-corrected chi connectivity index (χ1v) is 5.77. The Hall–Kier alpha value is -1.62. The molecule has 0 unspecified atom stereocenters. The maximum Gasteiger partial charge on any atom is 0.171 e. The van der Waals surface area contributed by atoms with Gasteiger partial charge in [-0.1, -0.05) is 0 Å². The maximum absolute atomic E-state index is 13.0. The van der Waals surface area contributed by atoms with E-state index in [-0.39, 0.29) is 5.78 Å². The molecule has 1 aromatic heterocycles. The van der Waals surface area contributed by atoms with E-state index in [0.717, 1.165) is 6.07 Å². The normalized spacial score (nSPS) is 10.5. The Morgan fingerprint density at radius 2 is 1.94 bits per heavy atom. The Bertz CT molecular complexity index is 545. The van der Waals surface area contributed by atoms with Crippen LogP contribution in [0.2, 0.25) is 0 Å². The van der Waals surface area contributed by atoms with Crippen molar-refractivity contribution in [3.63, 3.8) is 0 Å². The predicted octanol–water partition coefficient (Wildman–Crippen LogP) is 3.21. The van der Waals surface area contributed by atoms with E-state index in [1.807, 2.05) is 0 Å². The highest BCUT2D eigenvalue weighted by atomic mass is 32.1. The van der Waals surface area contributed by atoms with Crippen LogP contribution >= 0.6 is 11.3 Å². The van der Waals surface area contributed by atoms with E-state index in [9.17, 15) is 13.6 Å². The molecule has 0 atom stereocenters. The summed E-state index contributed by atoms with van der Waals surface area (Å²) in [4.78, 5) is 15.7. The van der Waals surface area contributed by atoms with Crippen molar-refractivity contribution in [1.82, 2.24) is 4.98 Å². The van der Waals surface area contributed by atoms with E-state index in [4.69, 9.17) is 0 Å². The van der Waals surface area contributed by atoms with Crippen molar-refractivity contribution in [2.24, 2.45) is 0 Å². The molecule has 0 saturated heterocycles. The number of carbonyl (C=O) groups excluding carboxylic acids is 1. The van der Waals surface area contributed by atoms with Gasteiger partial charge in [-0.05, 0) is 17.7 Å². The van der Waals surface area contributed by atoms with Gasteiger partial charge in [0, 0.05) is 25.6 Å². The monoisotopic (exact) mass is 253 g/mol. The van der Waals surface area contributed by atoms with E-state index in [1.165, 1.54) is 36.6 Å². The summed E-state index contributed by atoms with van der Waals surface area (Å²) in [6.45, 7) is 1.46. The van der Waals surface area contributed by atoms with Crippen LogP contribution in [-0.4, -0.2) is 10.8 Å². The second kappa shape index (κ2) is 4.71. The van der Waals surface area contributed by atoms with Crippen molar-refractivity contribution in [2.75, 3.05) is 0 Å². The highest BCUT2D eigenvalue weighted by molar-refractivity contribution is 7.13. The van der Waals surface area contributed by atoms with Gasteiger partial charge in [0.25, 0.3) is 0 Å². The molecule has 2 nitrogen and oxygen atoms in total. The van der Waals surface area contributed by atoms with Gasteiger partial charge in [0.05, 0.1) is 9.88 Å². The number of aromatic nitrogens is 1. The number of benzene rings is 1. The maximum atomic E-state index is 13.0. The van der Waals surface area contributed by atoms with Gasteiger partial charge in [-0.2, -0.15) is 0 Å². The van der Waals surface area contributed by atoms with Gasteiger partial charge in [0.2, 0.25) is 0 Å². The molecule has 0 radical (unpaired) electrons. The minimum absolute atomic E-state index is 0.0563. The molecular weight excluding hydrogens is 244 g/mol. The number of carbonyl (C=O) groups is 1. The van der Waals surface area contributed by atoms with Crippen molar-refractivity contribution in [2.45, 2.75) is 13.3 Å². The summed E-state index contributed by atoms with van der Waals surface area (Å²) in [5.74, 6) is -1.27. The van der Waals surface area contributed by atoms with Crippen molar-refractivity contribution in [3.05, 3.63) is 51.5 Å². The van der Waals surface area contributed by atoms with Crippen molar-refractivity contribution < 1.29 is 13.6 Å². The highest BCUT2D eigenvalue weighted by Crippen LogP contribution is 2.18. The standard InChI is InChI=1S/C12H9F2NOS/c1-7(16)11-6-15-12(17-11)4-8-2-9(13)5-10(14)3-8/h2-3,5-6H,4H2,1H3. The summed E-state index contributed by atoms with van der Waals surface area (Å²) in [5.41, 5.74) is 0.506. The molecule has 0 spiro atoms. The molecule has 0 aliphatic rings. The lowest BCUT2D eigenvalue weighted by Crippen LogP contribution is -1.90. The van der Waals surface area contributed by atoms with Gasteiger partial charge in [0.15, 0.2) is 5.78 Å². The lowest BCUT2D eigenvalue weighted by atomic mass is 10.1. The molecule has 0 N–H and O–H groups in total. The van der Waals surface area contributed by atoms with Crippen molar-refractivity contribution >= 4 is 17.1 Å². The van der Waals surface area contributed by atoms with Crippen LogP contribution in [0.15, 0.2) is 24.4 Å². The van der Waals surface area contributed by atoms with E-state index < -0.39 is 11.6 Å². The first-order chi connectivity index (χ1) is 8.04. The number of hydrogen-bond acceptors (Lipinski definition) is 3. The summed E-state index contributed by atoms with van der Waals surface area (Å²) in [6.07, 6.45) is 1.81. The summed E-state index contributed by atoms with van der Waals surface area (Å²) >= 11 is 1.24. The van der Waals surface area contributed by atoms with Crippen LogP contribution in [0, 0.1) is 11.6 Å². The Morgan fingerprint density at radius 1 is 1.29 bits per heavy atom. The predicted molar refractivity (Wildman–Crippen MR) is 61.3 cm³/mol. The van der Waals surface area contributed by atoms with Crippen LogP contribution in [0.4, 0.5) is 8.78 Å². The van der Waals surface area contributed by atoms with Crippen LogP contribution in [0.5, 0.6) is 0 Å². The topological polar surface area (TPSA) is 30.0 Å². The Labute approximate surface area is 101 Å². The van der Waals surface area contributed by atoms with Gasteiger partial charge in [-0.25, -0.2) is 13.8 Å². The third kappa shape index (κ3) is 2.94. The van der Waals surface area contributed by atoms with Crippen LogP contribution < -0.4 is 0 Å². The van der Waals surface area contributed by atoms with Crippen LogP contribution in [-0.2, 0) is 6.42 Å². The molecule has 0 bridgehead atoms. The Kier molecular flexibility index (Phi) is 3.28.